The van der Waals surface area contributed by atoms with Gasteiger partial charge in [0.2, 0.25) is 0 Å². The lowest BCUT2D eigenvalue weighted by molar-refractivity contribution is 0.319. The van der Waals surface area contributed by atoms with E-state index in [4.69, 9.17) is 10.5 Å². The van der Waals surface area contributed by atoms with Crippen LogP contribution in [-0.4, -0.2) is 12.6 Å². The largest absolute Gasteiger partial charge is 0.491 e. The Morgan fingerprint density at radius 2 is 1.95 bits per heavy atom. The minimum absolute atomic E-state index is 0.557. The number of anilines is 2. The summed E-state index contributed by atoms with van der Waals surface area (Å²) in [5.74, 6) is 1.73. The van der Waals surface area contributed by atoms with E-state index in [9.17, 15) is 0 Å². The Kier molecular flexibility index (Phi) is 5.57. The maximum absolute atomic E-state index is 6.21. The number of nitrogens with one attached hydrogen (secondary N) is 1. The predicted octanol–water partition coefficient (Wildman–Crippen LogP) is 4.44. The molecule has 0 saturated heterocycles. The third-order valence-corrected chi connectivity index (χ3v) is 4.31. The van der Waals surface area contributed by atoms with Gasteiger partial charge < -0.3 is 15.8 Å². The zero-order chi connectivity index (χ0) is 14.4. The molecule has 0 spiro atoms. The first-order chi connectivity index (χ1) is 9.74. The van der Waals surface area contributed by atoms with Crippen LogP contribution in [0.2, 0.25) is 0 Å². The predicted molar refractivity (Wildman–Crippen MR) is 86.3 cm³/mol. The lowest BCUT2D eigenvalue weighted by Crippen LogP contribution is -2.26. The van der Waals surface area contributed by atoms with Crippen molar-refractivity contribution in [1.82, 2.24) is 0 Å². The second-order valence-corrected chi connectivity index (χ2v) is 5.84. The van der Waals surface area contributed by atoms with Gasteiger partial charge in [0.25, 0.3) is 0 Å². The van der Waals surface area contributed by atoms with Crippen LogP contribution in [0.5, 0.6) is 5.75 Å². The summed E-state index contributed by atoms with van der Waals surface area (Å²) in [5.41, 5.74) is 7.98. The summed E-state index contributed by atoms with van der Waals surface area (Å²) in [6.45, 7) is 5.12. The van der Waals surface area contributed by atoms with Crippen LogP contribution < -0.4 is 15.8 Å². The first-order valence-corrected chi connectivity index (χ1v) is 8.02. The van der Waals surface area contributed by atoms with Gasteiger partial charge >= 0.3 is 0 Å². The van der Waals surface area contributed by atoms with E-state index in [1.807, 2.05) is 12.1 Å². The lowest BCUT2D eigenvalue weighted by atomic mass is 9.84. The van der Waals surface area contributed by atoms with E-state index in [1.54, 1.807) is 0 Å². The Balaban J connectivity index is 1.95. The molecular formula is C17H28N2O. The van der Waals surface area contributed by atoms with Crippen molar-refractivity contribution < 1.29 is 4.74 Å². The van der Waals surface area contributed by atoms with Gasteiger partial charge in [-0.1, -0.05) is 26.3 Å². The van der Waals surface area contributed by atoms with Crippen molar-refractivity contribution in [3.05, 3.63) is 18.2 Å². The molecule has 0 bridgehead atoms. The van der Waals surface area contributed by atoms with Gasteiger partial charge in [-0.15, -0.1) is 0 Å². The topological polar surface area (TPSA) is 47.3 Å². The van der Waals surface area contributed by atoms with Gasteiger partial charge in [-0.25, -0.2) is 0 Å². The molecule has 3 N–H and O–H groups in total. The van der Waals surface area contributed by atoms with Crippen LogP contribution in [0.3, 0.4) is 0 Å². The smallest absolute Gasteiger partial charge is 0.144 e. The highest BCUT2D eigenvalue weighted by molar-refractivity contribution is 5.73. The Morgan fingerprint density at radius 1 is 1.20 bits per heavy atom. The van der Waals surface area contributed by atoms with Gasteiger partial charge in [0, 0.05) is 6.04 Å². The number of hydrogen-bond donors (Lipinski definition) is 2. The standard InChI is InChI=1S/C17H28N2O/c1-3-12-20-16-7-5-6-15(17(16)18)19-14-10-8-13(4-2)9-11-14/h5-7,13-14,19H,3-4,8-12,18H2,1-2H3. The number of hydrogen-bond acceptors (Lipinski definition) is 3. The average molecular weight is 276 g/mol. The molecule has 112 valence electrons. The van der Waals surface area contributed by atoms with Crippen molar-refractivity contribution in [3.8, 4) is 5.75 Å². The van der Waals surface area contributed by atoms with Gasteiger partial charge in [-0.3, -0.25) is 0 Å². The maximum Gasteiger partial charge on any atom is 0.144 e. The molecule has 1 aliphatic rings. The summed E-state index contributed by atoms with van der Waals surface area (Å²) < 4.78 is 5.69. The third-order valence-electron chi connectivity index (χ3n) is 4.31. The molecule has 0 heterocycles. The minimum Gasteiger partial charge on any atom is -0.491 e. The zero-order valence-corrected chi connectivity index (χ0v) is 12.8. The Morgan fingerprint density at radius 3 is 2.60 bits per heavy atom. The number of benzene rings is 1. The van der Waals surface area contributed by atoms with Gasteiger partial charge in [0.15, 0.2) is 0 Å². The molecule has 1 fully saturated rings. The average Bonchev–Trinajstić information content (AvgIpc) is 2.49. The summed E-state index contributed by atoms with van der Waals surface area (Å²) in [7, 11) is 0. The van der Waals surface area contributed by atoms with E-state index >= 15 is 0 Å². The van der Waals surface area contributed by atoms with Crippen LogP contribution in [-0.2, 0) is 0 Å². The molecule has 1 aromatic carbocycles. The first kappa shape index (κ1) is 15.0. The molecule has 2 rings (SSSR count). The van der Waals surface area contributed by atoms with Crippen LogP contribution in [0.1, 0.15) is 52.4 Å². The van der Waals surface area contributed by atoms with Gasteiger partial charge in [0.1, 0.15) is 5.75 Å². The number of rotatable bonds is 6. The molecule has 0 amide bonds. The SMILES string of the molecule is CCCOc1cccc(NC2CCC(CC)CC2)c1N. The molecule has 0 aliphatic heterocycles. The molecule has 0 aromatic heterocycles. The van der Waals surface area contributed by atoms with Crippen molar-refractivity contribution in [2.24, 2.45) is 5.92 Å². The molecule has 0 unspecified atom stereocenters. The van der Waals surface area contributed by atoms with Crippen molar-refractivity contribution in [3.63, 3.8) is 0 Å². The molecule has 1 saturated carbocycles. The second-order valence-electron chi connectivity index (χ2n) is 5.84. The fraction of sp³-hybridized carbons (Fsp3) is 0.647. The summed E-state index contributed by atoms with van der Waals surface area (Å²) >= 11 is 0. The van der Waals surface area contributed by atoms with E-state index in [-0.39, 0.29) is 0 Å². The molecule has 1 aliphatic carbocycles. The Labute approximate surface area is 122 Å². The molecular weight excluding hydrogens is 248 g/mol. The third kappa shape index (κ3) is 3.81. The quantitative estimate of drug-likeness (QED) is 0.755. The molecule has 0 atom stereocenters. The fourth-order valence-corrected chi connectivity index (χ4v) is 2.94. The Hall–Kier alpha value is -1.38. The highest BCUT2D eigenvalue weighted by atomic mass is 16.5. The Bertz CT molecular complexity index is 411. The van der Waals surface area contributed by atoms with E-state index in [0.717, 1.165) is 36.1 Å². The van der Waals surface area contributed by atoms with Crippen molar-refractivity contribution >= 4 is 11.4 Å². The van der Waals surface area contributed by atoms with E-state index in [1.165, 1.54) is 32.1 Å². The molecule has 1 aromatic rings. The van der Waals surface area contributed by atoms with Crippen LogP contribution >= 0.6 is 0 Å². The van der Waals surface area contributed by atoms with E-state index in [0.29, 0.717) is 6.04 Å². The summed E-state index contributed by atoms with van der Waals surface area (Å²) in [6.07, 6.45) is 7.48. The molecule has 0 radical (unpaired) electrons. The fourth-order valence-electron chi connectivity index (χ4n) is 2.94. The maximum atomic E-state index is 6.21. The zero-order valence-electron chi connectivity index (χ0n) is 12.8. The van der Waals surface area contributed by atoms with Crippen LogP contribution in [0.4, 0.5) is 11.4 Å². The highest BCUT2D eigenvalue weighted by Gasteiger charge is 2.20. The number of ether oxygens (including phenoxy) is 1. The van der Waals surface area contributed by atoms with Gasteiger partial charge in [-0.2, -0.15) is 0 Å². The monoisotopic (exact) mass is 276 g/mol. The van der Waals surface area contributed by atoms with Crippen molar-refractivity contribution in [2.75, 3.05) is 17.7 Å². The second kappa shape index (κ2) is 7.41. The lowest BCUT2D eigenvalue weighted by Gasteiger charge is -2.29. The molecule has 3 heteroatoms. The van der Waals surface area contributed by atoms with Gasteiger partial charge in [-0.05, 0) is 50.2 Å². The van der Waals surface area contributed by atoms with Crippen LogP contribution in [0, 0.1) is 5.92 Å². The highest BCUT2D eigenvalue weighted by Crippen LogP contribution is 2.33. The molecule has 20 heavy (non-hydrogen) atoms. The van der Waals surface area contributed by atoms with Gasteiger partial charge in [0.05, 0.1) is 18.0 Å². The summed E-state index contributed by atoms with van der Waals surface area (Å²) in [5, 5.41) is 3.61. The number of para-hydroxylation sites is 1. The minimum atomic E-state index is 0.557. The molecule has 3 nitrogen and oxygen atoms in total. The normalized spacial score (nSPS) is 22.5. The summed E-state index contributed by atoms with van der Waals surface area (Å²) in [6, 6.07) is 6.58. The number of nitrogens with two attached hydrogens (primary N) is 1. The van der Waals surface area contributed by atoms with Crippen LogP contribution in [0.15, 0.2) is 18.2 Å². The number of nitrogen functional groups attached to an aromatic ring is 1. The first-order valence-electron chi connectivity index (χ1n) is 8.02. The summed E-state index contributed by atoms with van der Waals surface area (Å²) in [4.78, 5) is 0. The van der Waals surface area contributed by atoms with E-state index in [2.05, 4.69) is 25.2 Å². The van der Waals surface area contributed by atoms with Crippen molar-refractivity contribution in [1.29, 1.82) is 0 Å². The van der Waals surface area contributed by atoms with E-state index < -0.39 is 0 Å². The van der Waals surface area contributed by atoms with Crippen molar-refractivity contribution in [2.45, 2.75) is 58.4 Å². The van der Waals surface area contributed by atoms with Crippen LogP contribution in [0.25, 0.3) is 0 Å².